The second-order valence-corrected chi connectivity index (χ2v) is 9.02. The topological polar surface area (TPSA) is 83.3 Å². The number of thioether (sulfide) groups is 1. The van der Waals surface area contributed by atoms with Crippen LogP contribution in [-0.2, 0) is 5.75 Å². The molecule has 2 aromatic heterocycles. The van der Waals surface area contributed by atoms with Crippen molar-refractivity contribution in [3.63, 3.8) is 0 Å². The Labute approximate surface area is 191 Å². The standard InChI is InChI=1S/C24H37N5OS/c1-8-19(24(30,9-2)10-3)11-13-27-23-20(16(4)28-18(6)29-23)15-31-21-12-14-26-17(5)22(21)25-7/h12,14,19,30H,7-11,13,15H2,1-6H3,(H,27,28,29). The Morgan fingerprint density at radius 2 is 1.87 bits per heavy atom. The monoisotopic (exact) mass is 443 g/mol. The largest absolute Gasteiger partial charge is 0.390 e. The molecule has 0 radical (unpaired) electrons. The Morgan fingerprint density at radius 1 is 1.16 bits per heavy atom. The van der Waals surface area contributed by atoms with Gasteiger partial charge >= 0.3 is 0 Å². The highest BCUT2D eigenvalue weighted by atomic mass is 32.2. The van der Waals surface area contributed by atoms with Crippen LogP contribution >= 0.6 is 11.8 Å². The number of aliphatic hydroxyl groups is 1. The summed E-state index contributed by atoms with van der Waals surface area (Å²) in [6.07, 6.45) is 5.22. The summed E-state index contributed by atoms with van der Waals surface area (Å²) in [5.74, 6) is 2.62. The number of hydrogen-bond donors (Lipinski definition) is 2. The number of aryl methyl sites for hydroxylation is 3. The lowest BCUT2D eigenvalue weighted by molar-refractivity contribution is -0.0293. The quantitative estimate of drug-likeness (QED) is 0.319. The summed E-state index contributed by atoms with van der Waals surface area (Å²) in [7, 11) is 0. The van der Waals surface area contributed by atoms with E-state index in [4.69, 9.17) is 0 Å². The zero-order valence-corrected chi connectivity index (χ0v) is 20.6. The van der Waals surface area contributed by atoms with Gasteiger partial charge in [0.1, 0.15) is 11.6 Å². The first-order chi connectivity index (χ1) is 14.8. The predicted octanol–water partition coefficient (Wildman–Crippen LogP) is 5.80. The number of anilines is 1. The first kappa shape index (κ1) is 25.3. The first-order valence-electron chi connectivity index (χ1n) is 11.1. The summed E-state index contributed by atoms with van der Waals surface area (Å²) in [6, 6.07) is 1.97. The number of aliphatic imine (C=N–C) groups is 1. The van der Waals surface area contributed by atoms with E-state index < -0.39 is 5.60 Å². The maximum Gasteiger partial charge on any atom is 0.134 e. The summed E-state index contributed by atoms with van der Waals surface area (Å²) in [6.45, 7) is 16.6. The lowest BCUT2D eigenvalue weighted by atomic mass is 9.79. The highest BCUT2D eigenvalue weighted by Gasteiger charge is 2.31. The molecule has 0 aromatic carbocycles. The van der Waals surface area contributed by atoms with E-state index in [2.05, 4.69) is 52.7 Å². The van der Waals surface area contributed by atoms with Gasteiger partial charge in [-0.25, -0.2) is 9.97 Å². The molecule has 6 nitrogen and oxygen atoms in total. The van der Waals surface area contributed by atoms with Gasteiger partial charge in [-0.15, -0.1) is 11.8 Å². The molecule has 7 heteroatoms. The minimum absolute atomic E-state index is 0.262. The van der Waals surface area contributed by atoms with Crippen molar-refractivity contribution in [3.05, 3.63) is 35.0 Å². The van der Waals surface area contributed by atoms with Crippen molar-refractivity contribution < 1.29 is 5.11 Å². The summed E-state index contributed by atoms with van der Waals surface area (Å²) < 4.78 is 0. The van der Waals surface area contributed by atoms with Crippen molar-refractivity contribution in [1.29, 1.82) is 0 Å². The van der Waals surface area contributed by atoms with Crippen LogP contribution in [0.5, 0.6) is 0 Å². The van der Waals surface area contributed by atoms with Crippen molar-refractivity contribution in [2.24, 2.45) is 10.9 Å². The molecular formula is C24H37N5OS. The molecule has 31 heavy (non-hydrogen) atoms. The van der Waals surface area contributed by atoms with Gasteiger partial charge in [0.2, 0.25) is 0 Å². The average Bonchev–Trinajstić information content (AvgIpc) is 2.75. The number of aromatic nitrogens is 3. The third-order valence-electron chi connectivity index (χ3n) is 6.19. The van der Waals surface area contributed by atoms with Crippen molar-refractivity contribution >= 4 is 30.0 Å². The lowest BCUT2D eigenvalue weighted by Crippen LogP contribution is -2.37. The minimum atomic E-state index is -0.597. The Bertz CT molecular complexity index is 883. The van der Waals surface area contributed by atoms with E-state index in [0.717, 1.165) is 77.2 Å². The third-order valence-corrected chi connectivity index (χ3v) is 7.26. The van der Waals surface area contributed by atoms with Crippen LogP contribution in [0.15, 0.2) is 22.2 Å². The fourth-order valence-electron chi connectivity index (χ4n) is 4.09. The molecule has 2 rings (SSSR count). The number of nitrogens with zero attached hydrogens (tertiary/aromatic N) is 4. The molecule has 0 bridgehead atoms. The Morgan fingerprint density at radius 3 is 2.48 bits per heavy atom. The molecule has 0 fully saturated rings. The molecule has 2 N–H and O–H groups in total. The molecule has 0 aliphatic heterocycles. The van der Waals surface area contributed by atoms with Crippen molar-refractivity contribution in [2.75, 3.05) is 11.9 Å². The third kappa shape index (κ3) is 6.26. The van der Waals surface area contributed by atoms with Crippen LogP contribution in [-0.4, -0.2) is 38.9 Å². The van der Waals surface area contributed by atoms with Crippen LogP contribution in [0.2, 0.25) is 0 Å². The number of rotatable bonds is 12. The minimum Gasteiger partial charge on any atom is -0.390 e. The zero-order valence-electron chi connectivity index (χ0n) is 19.8. The number of nitrogens with one attached hydrogen (secondary N) is 1. The average molecular weight is 444 g/mol. The maximum absolute atomic E-state index is 10.9. The predicted molar refractivity (Wildman–Crippen MR) is 132 cm³/mol. The number of pyridine rings is 1. The van der Waals surface area contributed by atoms with E-state index in [1.54, 1.807) is 18.0 Å². The summed E-state index contributed by atoms with van der Waals surface area (Å²) >= 11 is 1.70. The fourth-order valence-corrected chi connectivity index (χ4v) is 5.25. The van der Waals surface area contributed by atoms with Crippen LogP contribution in [0.1, 0.15) is 69.2 Å². The zero-order chi connectivity index (χ0) is 23.0. The summed E-state index contributed by atoms with van der Waals surface area (Å²) in [5.41, 5.74) is 3.18. The van der Waals surface area contributed by atoms with Gasteiger partial charge in [0.25, 0.3) is 0 Å². The summed E-state index contributed by atoms with van der Waals surface area (Å²) in [4.78, 5) is 18.8. The normalized spacial score (nSPS) is 12.6. The fraction of sp³-hybridized carbons (Fsp3) is 0.583. The van der Waals surface area contributed by atoms with E-state index in [1.807, 2.05) is 26.8 Å². The van der Waals surface area contributed by atoms with E-state index in [-0.39, 0.29) is 5.92 Å². The molecule has 0 aliphatic rings. The van der Waals surface area contributed by atoms with Gasteiger partial charge < -0.3 is 10.4 Å². The van der Waals surface area contributed by atoms with Gasteiger partial charge in [-0.1, -0.05) is 27.2 Å². The van der Waals surface area contributed by atoms with Gasteiger partial charge in [-0.05, 0) is 58.7 Å². The number of hydrogen-bond acceptors (Lipinski definition) is 7. The molecule has 1 atom stereocenters. The second-order valence-electron chi connectivity index (χ2n) is 8.00. The van der Waals surface area contributed by atoms with Crippen LogP contribution in [0.4, 0.5) is 11.5 Å². The van der Waals surface area contributed by atoms with Crippen molar-refractivity contribution in [1.82, 2.24) is 15.0 Å². The molecule has 0 saturated carbocycles. The van der Waals surface area contributed by atoms with E-state index in [9.17, 15) is 5.11 Å². The molecule has 170 valence electrons. The molecule has 0 amide bonds. The maximum atomic E-state index is 10.9. The molecule has 0 aliphatic carbocycles. The Balaban J connectivity index is 2.16. The Hall–Kier alpha value is -1.99. The van der Waals surface area contributed by atoms with Gasteiger partial charge in [-0.3, -0.25) is 9.98 Å². The first-order valence-corrected chi connectivity index (χ1v) is 12.1. The van der Waals surface area contributed by atoms with Crippen LogP contribution in [0.3, 0.4) is 0 Å². The molecule has 1 unspecified atom stereocenters. The van der Waals surface area contributed by atoms with Crippen LogP contribution < -0.4 is 5.32 Å². The van der Waals surface area contributed by atoms with Gasteiger partial charge in [0.15, 0.2) is 0 Å². The van der Waals surface area contributed by atoms with Gasteiger partial charge in [0.05, 0.1) is 17.0 Å². The van der Waals surface area contributed by atoms with E-state index in [0.29, 0.717) is 0 Å². The SMILES string of the molecule is C=Nc1c(SCc2c(C)nc(C)nc2NCCC(CC)C(O)(CC)CC)ccnc1C. The van der Waals surface area contributed by atoms with E-state index >= 15 is 0 Å². The summed E-state index contributed by atoms with van der Waals surface area (Å²) in [5, 5.41) is 14.5. The van der Waals surface area contributed by atoms with Crippen LogP contribution in [0.25, 0.3) is 0 Å². The van der Waals surface area contributed by atoms with Crippen molar-refractivity contribution in [3.8, 4) is 0 Å². The lowest BCUT2D eigenvalue weighted by Gasteiger charge is -2.34. The molecule has 0 spiro atoms. The molecular weight excluding hydrogens is 406 g/mol. The van der Waals surface area contributed by atoms with Gasteiger partial charge in [0, 0.05) is 34.6 Å². The highest BCUT2D eigenvalue weighted by Crippen LogP contribution is 2.35. The van der Waals surface area contributed by atoms with Gasteiger partial charge in [-0.2, -0.15) is 0 Å². The van der Waals surface area contributed by atoms with Crippen LogP contribution in [0, 0.1) is 26.7 Å². The molecule has 2 aromatic rings. The van der Waals surface area contributed by atoms with E-state index in [1.165, 1.54) is 0 Å². The second kappa shape index (κ2) is 11.6. The highest BCUT2D eigenvalue weighted by molar-refractivity contribution is 7.98. The Kier molecular flexibility index (Phi) is 9.44. The molecule has 0 saturated heterocycles. The molecule has 2 heterocycles. The van der Waals surface area contributed by atoms with Crippen molar-refractivity contribution in [2.45, 2.75) is 83.5 Å². The smallest absolute Gasteiger partial charge is 0.134 e.